The highest BCUT2D eigenvalue weighted by Gasteiger charge is 2.14. The number of amides is 1. The predicted molar refractivity (Wildman–Crippen MR) is 138 cm³/mol. The molecule has 0 aliphatic heterocycles. The Morgan fingerprint density at radius 3 is 1.86 bits per heavy atom. The summed E-state index contributed by atoms with van der Waals surface area (Å²) in [5.74, 6) is 0.743. The van der Waals surface area contributed by atoms with Gasteiger partial charge in [-0.05, 0) is 59.7 Å². The number of rotatable bonds is 11. The number of sulfonamides is 1. The van der Waals surface area contributed by atoms with Crippen molar-refractivity contribution in [2.45, 2.75) is 18.0 Å². The molecule has 0 fully saturated rings. The van der Waals surface area contributed by atoms with E-state index in [4.69, 9.17) is 9.47 Å². The van der Waals surface area contributed by atoms with Gasteiger partial charge in [0.15, 0.2) is 6.61 Å². The van der Waals surface area contributed by atoms with Gasteiger partial charge in [-0.25, -0.2) is 13.1 Å². The van der Waals surface area contributed by atoms with Gasteiger partial charge in [0.05, 0.1) is 4.90 Å². The van der Waals surface area contributed by atoms with E-state index in [0.717, 1.165) is 11.1 Å². The SMILES string of the molecule is O=C(COc1ccc(S(=O)(=O)NCc2ccccc2)cc1)Nc1ccc(OCc2ccccc2)cc1. The first-order valence-electron chi connectivity index (χ1n) is 11.3. The van der Waals surface area contributed by atoms with Crippen LogP contribution in [0.25, 0.3) is 0 Å². The minimum atomic E-state index is -3.67. The summed E-state index contributed by atoms with van der Waals surface area (Å²) in [6, 6.07) is 32.1. The fourth-order valence-electron chi connectivity index (χ4n) is 3.29. The van der Waals surface area contributed by atoms with Crippen molar-refractivity contribution in [1.29, 1.82) is 0 Å². The maximum Gasteiger partial charge on any atom is 0.262 e. The summed E-state index contributed by atoms with van der Waals surface area (Å²) in [5, 5.41) is 2.76. The van der Waals surface area contributed by atoms with Crippen molar-refractivity contribution in [2.75, 3.05) is 11.9 Å². The first-order valence-corrected chi connectivity index (χ1v) is 12.8. The van der Waals surface area contributed by atoms with Crippen LogP contribution in [-0.4, -0.2) is 20.9 Å². The quantitative estimate of drug-likeness (QED) is 0.308. The van der Waals surface area contributed by atoms with E-state index < -0.39 is 10.0 Å². The molecule has 4 aromatic carbocycles. The lowest BCUT2D eigenvalue weighted by Crippen LogP contribution is -2.23. The normalized spacial score (nSPS) is 11.0. The summed E-state index contributed by atoms with van der Waals surface area (Å²) in [6.45, 7) is 0.440. The number of carbonyl (C=O) groups excluding carboxylic acids is 1. The molecule has 8 heteroatoms. The number of hydrogen-bond acceptors (Lipinski definition) is 5. The minimum absolute atomic E-state index is 0.116. The van der Waals surface area contributed by atoms with Crippen molar-refractivity contribution in [2.24, 2.45) is 0 Å². The Bertz CT molecular complexity index is 1360. The Labute approximate surface area is 210 Å². The van der Waals surface area contributed by atoms with Crippen molar-refractivity contribution in [3.05, 3.63) is 120 Å². The third-order valence-corrected chi connectivity index (χ3v) is 6.62. The lowest BCUT2D eigenvalue weighted by atomic mass is 10.2. The van der Waals surface area contributed by atoms with E-state index in [2.05, 4.69) is 10.0 Å². The van der Waals surface area contributed by atoms with Gasteiger partial charge in [-0.1, -0.05) is 60.7 Å². The first-order chi connectivity index (χ1) is 17.5. The van der Waals surface area contributed by atoms with Crippen LogP contribution in [0.3, 0.4) is 0 Å². The fraction of sp³-hybridized carbons (Fsp3) is 0.107. The molecule has 0 aromatic heterocycles. The molecule has 4 rings (SSSR count). The van der Waals surface area contributed by atoms with E-state index in [1.165, 1.54) is 24.3 Å². The second kappa shape index (κ2) is 12.0. The number of nitrogens with one attached hydrogen (secondary N) is 2. The lowest BCUT2D eigenvalue weighted by Gasteiger charge is -2.10. The average Bonchev–Trinajstić information content (AvgIpc) is 2.92. The number of benzene rings is 4. The van der Waals surface area contributed by atoms with Crippen molar-refractivity contribution >= 4 is 21.6 Å². The molecule has 0 bridgehead atoms. The van der Waals surface area contributed by atoms with Crippen LogP contribution in [-0.2, 0) is 28.0 Å². The van der Waals surface area contributed by atoms with Crippen LogP contribution < -0.4 is 19.5 Å². The van der Waals surface area contributed by atoms with Crippen LogP contribution in [0.2, 0.25) is 0 Å². The summed E-state index contributed by atoms with van der Waals surface area (Å²) >= 11 is 0. The van der Waals surface area contributed by atoms with Crippen LogP contribution in [0, 0.1) is 0 Å². The molecule has 7 nitrogen and oxygen atoms in total. The first kappa shape index (κ1) is 25.0. The average molecular weight is 503 g/mol. The van der Waals surface area contributed by atoms with Crippen LogP contribution in [0.1, 0.15) is 11.1 Å². The van der Waals surface area contributed by atoms with Gasteiger partial charge >= 0.3 is 0 Å². The number of anilines is 1. The number of ether oxygens (including phenoxy) is 2. The predicted octanol–water partition coefficient (Wildman–Crippen LogP) is 4.76. The lowest BCUT2D eigenvalue weighted by molar-refractivity contribution is -0.118. The smallest absolute Gasteiger partial charge is 0.262 e. The standard InChI is InChI=1S/C28H26N2O5S/c31-28(30-24-11-13-25(14-12-24)34-20-23-9-5-2-6-10-23)21-35-26-15-17-27(18-16-26)36(32,33)29-19-22-7-3-1-4-8-22/h1-18,29H,19-21H2,(H,30,31). The zero-order valence-electron chi connectivity index (χ0n) is 19.5. The van der Waals surface area contributed by atoms with Crippen molar-refractivity contribution < 1.29 is 22.7 Å². The van der Waals surface area contributed by atoms with Crippen LogP contribution in [0.4, 0.5) is 5.69 Å². The molecule has 0 aliphatic rings. The van der Waals surface area contributed by atoms with Crippen molar-refractivity contribution in [1.82, 2.24) is 4.72 Å². The number of carbonyl (C=O) groups is 1. The van der Waals surface area contributed by atoms with Gasteiger partial charge in [-0.2, -0.15) is 0 Å². The maximum absolute atomic E-state index is 12.5. The van der Waals surface area contributed by atoms with Crippen molar-refractivity contribution in [3.63, 3.8) is 0 Å². The Morgan fingerprint density at radius 1 is 0.667 bits per heavy atom. The maximum atomic E-state index is 12.5. The van der Waals surface area contributed by atoms with Gasteiger partial charge in [0.2, 0.25) is 10.0 Å². The topological polar surface area (TPSA) is 93.7 Å². The zero-order valence-corrected chi connectivity index (χ0v) is 20.3. The highest BCUT2D eigenvalue weighted by molar-refractivity contribution is 7.89. The number of hydrogen-bond donors (Lipinski definition) is 2. The van der Waals surface area contributed by atoms with Gasteiger partial charge < -0.3 is 14.8 Å². The van der Waals surface area contributed by atoms with E-state index >= 15 is 0 Å². The van der Waals surface area contributed by atoms with Crippen molar-refractivity contribution in [3.8, 4) is 11.5 Å². The summed E-state index contributed by atoms with van der Waals surface area (Å²) in [7, 11) is -3.67. The second-order valence-electron chi connectivity index (χ2n) is 7.92. The minimum Gasteiger partial charge on any atom is -0.489 e. The molecule has 36 heavy (non-hydrogen) atoms. The molecule has 0 spiro atoms. The van der Waals surface area contributed by atoms with Crippen LogP contribution in [0.5, 0.6) is 11.5 Å². The molecule has 0 radical (unpaired) electrons. The molecule has 0 saturated heterocycles. The van der Waals surface area contributed by atoms with Crippen LogP contribution >= 0.6 is 0 Å². The fourth-order valence-corrected chi connectivity index (χ4v) is 4.31. The molecular formula is C28H26N2O5S. The molecule has 4 aromatic rings. The highest BCUT2D eigenvalue weighted by atomic mass is 32.2. The summed E-state index contributed by atoms with van der Waals surface area (Å²) in [6.07, 6.45) is 0. The summed E-state index contributed by atoms with van der Waals surface area (Å²) < 4.78 is 38.8. The molecule has 0 saturated carbocycles. The molecular weight excluding hydrogens is 476 g/mol. The van der Waals surface area contributed by atoms with E-state index in [9.17, 15) is 13.2 Å². The molecule has 0 heterocycles. The molecule has 1 amide bonds. The van der Waals surface area contributed by atoms with Gasteiger partial charge in [-0.15, -0.1) is 0 Å². The molecule has 0 unspecified atom stereocenters. The molecule has 184 valence electrons. The third kappa shape index (κ3) is 7.43. The van der Waals surface area contributed by atoms with E-state index in [-0.39, 0.29) is 24.0 Å². The van der Waals surface area contributed by atoms with Crippen LogP contribution in [0.15, 0.2) is 114 Å². The Balaban J connectivity index is 1.22. The molecule has 0 atom stereocenters. The Kier molecular flexibility index (Phi) is 8.33. The van der Waals surface area contributed by atoms with Gasteiger partial charge in [-0.3, -0.25) is 4.79 Å². The Hall–Kier alpha value is -4.14. The van der Waals surface area contributed by atoms with E-state index in [1.807, 2.05) is 60.7 Å². The van der Waals surface area contributed by atoms with Gasteiger partial charge in [0, 0.05) is 12.2 Å². The monoisotopic (exact) mass is 502 g/mol. The zero-order chi connectivity index (χ0) is 25.2. The summed E-state index contributed by atoms with van der Waals surface area (Å²) in [4.78, 5) is 12.4. The van der Waals surface area contributed by atoms with E-state index in [0.29, 0.717) is 23.8 Å². The Morgan fingerprint density at radius 2 is 1.22 bits per heavy atom. The highest BCUT2D eigenvalue weighted by Crippen LogP contribution is 2.18. The molecule has 0 aliphatic carbocycles. The van der Waals surface area contributed by atoms with E-state index in [1.54, 1.807) is 24.3 Å². The molecule has 2 N–H and O–H groups in total. The second-order valence-corrected chi connectivity index (χ2v) is 9.68. The van der Waals surface area contributed by atoms with Gasteiger partial charge in [0.25, 0.3) is 5.91 Å². The van der Waals surface area contributed by atoms with Gasteiger partial charge in [0.1, 0.15) is 18.1 Å². The third-order valence-electron chi connectivity index (χ3n) is 5.20. The largest absolute Gasteiger partial charge is 0.489 e. The summed E-state index contributed by atoms with van der Waals surface area (Å²) in [5.41, 5.74) is 2.55.